The molecule has 0 saturated heterocycles. The molecule has 1 aromatic carbocycles. The van der Waals surface area contributed by atoms with Crippen LogP contribution in [0, 0.1) is 0 Å². The third-order valence-corrected chi connectivity index (χ3v) is 4.05. The summed E-state index contributed by atoms with van der Waals surface area (Å²) in [6, 6.07) is 3.76. The maximum atomic E-state index is 6.19. The first-order valence-corrected chi connectivity index (χ1v) is 5.96. The van der Waals surface area contributed by atoms with Crippen LogP contribution in [-0.2, 0) is 5.41 Å². The molecule has 0 spiro atoms. The summed E-state index contributed by atoms with van der Waals surface area (Å²) in [5, 5.41) is 1.02. The first-order valence-electron chi connectivity index (χ1n) is 4.57. The number of rotatable bonds is 3. The molecule has 0 aliphatic carbocycles. The SMILES string of the molecule is COc1ccc(C(C)(C)CS)c(Cl)c1Cl. The lowest BCUT2D eigenvalue weighted by atomic mass is 9.86. The first kappa shape index (κ1) is 13.0. The molecule has 0 heterocycles. The van der Waals surface area contributed by atoms with Crippen molar-refractivity contribution in [2.75, 3.05) is 12.9 Å². The molecule has 1 aromatic rings. The summed E-state index contributed by atoms with van der Waals surface area (Å²) >= 11 is 16.6. The summed E-state index contributed by atoms with van der Waals surface area (Å²) < 4.78 is 5.09. The molecule has 0 aliphatic rings. The molecule has 0 aromatic heterocycles. The molecule has 0 N–H and O–H groups in total. The monoisotopic (exact) mass is 264 g/mol. The van der Waals surface area contributed by atoms with E-state index >= 15 is 0 Å². The molecule has 0 unspecified atom stereocenters. The van der Waals surface area contributed by atoms with Gasteiger partial charge < -0.3 is 4.74 Å². The van der Waals surface area contributed by atoms with Crippen LogP contribution in [-0.4, -0.2) is 12.9 Å². The average molecular weight is 265 g/mol. The highest BCUT2D eigenvalue weighted by Crippen LogP contribution is 2.39. The first-order chi connectivity index (χ1) is 6.94. The van der Waals surface area contributed by atoms with Gasteiger partial charge in [-0.05, 0) is 22.8 Å². The van der Waals surface area contributed by atoms with Gasteiger partial charge >= 0.3 is 0 Å². The number of thiol groups is 1. The van der Waals surface area contributed by atoms with E-state index in [2.05, 4.69) is 26.5 Å². The lowest BCUT2D eigenvalue weighted by Gasteiger charge is -2.24. The maximum absolute atomic E-state index is 6.19. The van der Waals surface area contributed by atoms with Crippen molar-refractivity contribution in [2.24, 2.45) is 0 Å². The van der Waals surface area contributed by atoms with Gasteiger partial charge in [0.2, 0.25) is 0 Å². The Morgan fingerprint density at radius 3 is 2.33 bits per heavy atom. The second-order valence-electron chi connectivity index (χ2n) is 3.99. The molecule has 1 rings (SSSR count). The Hall–Kier alpha value is -0.0500. The Morgan fingerprint density at radius 2 is 1.87 bits per heavy atom. The van der Waals surface area contributed by atoms with Gasteiger partial charge in [-0.25, -0.2) is 0 Å². The normalized spacial score (nSPS) is 11.6. The highest BCUT2D eigenvalue weighted by Gasteiger charge is 2.24. The minimum absolute atomic E-state index is 0.101. The topological polar surface area (TPSA) is 9.23 Å². The zero-order valence-electron chi connectivity index (χ0n) is 8.97. The Balaban J connectivity index is 3.29. The van der Waals surface area contributed by atoms with E-state index in [1.807, 2.05) is 12.1 Å². The van der Waals surface area contributed by atoms with Crippen molar-refractivity contribution in [1.29, 1.82) is 0 Å². The van der Waals surface area contributed by atoms with Crippen LogP contribution in [0.1, 0.15) is 19.4 Å². The number of methoxy groups -OCH3 is 1. The van der Waals surface area contributed by atoms with Gasteiger partial charge in [0.15, 0.2) is 0 Å². The molecule has 15 heavy (non-hydrogen) atoms. The second kappa shape index (κ2) is 4.86. The summed E-state index contributed by atoms with van der Waals surface area (Å²) in [6.45, 7) is 4.15. The number of halogens is 2. The minimum atomic E-state index is -0.101. The quantitative estimate of drug-likeness (QED) is 0.805. The van der Waals surface area contributed by atoms with Crippen LogP contribution in [0.3, 0.4) is 0 Å². The van der Waals surface area contributed by atoms with Crippen LogP contribution in [0.5, 0.6) is 5.75 Å². The Labute approximate surface area is 106 Å². The molecule has 0 saturated carbocycles. The minimum Gasteiger partial charge on any atom is -0.495 e. The van der Waals surface area contributed by atoms with Gasteiger partial charge in [0.25, 0.3) is 0 Å². The fourth-order valence-corrected chi connectivity index (χ4v) is 2.12. The number of hydrogen-bond donors (Lipinski definition) is 1. The number of ether oxygens (including phenoxy) is 1. The summed E-state index contributed by atoms with van der Waals surface area (Å²) in [4.78, 5) is 0. The van der Waals surface area contributed by atoms with E-state index in [-0.39, 0.29) is 5.41 Å². The van der Waals surface area contributed by atoms with E-state index in [4.69, 9.17) is 27.9 Å². The second-order valence-corrected chi connectivity index (χ2v) is 5.06. The summed E-state index contributed by atoms with van der Waals surface area (Å²) in [7, 11) is 1.57. The van der Waals surface area contributed by atoms with Gasteiger partial charge in [-0.2, -0.15) is 12.6 Å². The van der Waals surface area contributed by atoms with E-state index in [0.717, 1.165) is 5.56 Å². The molecule has 84 valence electrons. The van der Waals surface area contributed by atoms with E-state index < -0.39 is 0 Å². The summed E-state index contributed by atoms with van der Waals surface area (Å²) in [5.41, 5.74) is 0.890. The van der Waals surface area contributed by atoms with Crippen LogP contribution in [0.15, 0.2) is 12.1 Å². The predicted octanol–water partition coefficient (Wildman–Crippen LogP) is 4.21. The van der Waals surface area contributed by atoms with Crippen LogP contribution in [0.2, 0.25) is 10.0 Å². The molecule has 0 fully saturated rings. The van der Waals surface area contributed by atoms with Gasteiger partial charge in [-0.15, -0.1) is 0 Å². The summed E-state index contributed by atoms with van der Waals surface area (Å²) in [6.07, 6.45) is 0. The average Bonchev–Trinajstić information content (AvgIpc) is 2.21. The molecule has 1 nitrogen and oxygen atoms in total. The lowest BCUT2D eigenvalue weighted by Crippen LogP contribution is -2.19. The molecule has 0 atom stereocenters. The summed E-state index contributed by atoms with van der Waals surface area (Å²) in [5.74, 6) is 1.30. The fourth-order valence-electron chi connectivity index (χ4n) is 1.30. The zero-order valence-corrected chi connectivity index (χ0v) is 11.4. The maximum Gasteiger partial charge on any atom is 0.138 e. The van der Waals surface area contributed by atoms with Gasteiger partial charge in [0.05, 0.1) is 12.1 Å². The van der Waals surface area contributed by atoms with Crippen molar-refractivity contribution in [3.63, 3.8) is 0 Å². The Bertz CT molecular complexity index is 364. The molecule has 0 radical (unpaired) electrons. The molecule has 0 amide bonds. The molecular formula is C11H14Cl2OS. The third-order valence-electron chi connectivity index (χ3n) is 2.39. The largest absolute Gasteiger partial charge is 0.495 e. The number of benzene rings is 1. The van der Waals surface area contributed by atoms with Crippen molar-refractivity contribution in [3.05, 3.63) is 27.7 Å². The van der Waals surface area contributed by atoms with Crippen LogP contribution in [0.4, 0.5) is 0 Å². The predicted molar refractivity (Wildman–Crippen MR) is 69.9 cm³/mol. The zero-order chi connectivity index (χ0) is 11.6. The molecule has 0 aliphatic heterocycles. The third kappa shape index (κ3) is 2.55. The van der Waals surface area contributed by atoms with E-state index in [1.54, 1.807) is 7.11 Å². The fraction of sp³-hybridized carbons (Fsp3) is 0.455. The van der Waals surface area contributed by atoms with Crippen molar-refractivity contribution in [3.8, 4) is 5.75 Å². The van der Waals surface area contributed by atoms with Crippen LogP contribution >= 0.6 is 35.8 Å². The molecular weight excluding hydrogens is 251 g/mol. The number of hydrogen-bond acceptors (Lipinski definition) is 2. The highest BCUT2D eigenvalue weighted by molar-refractivity contribution is 7.80. The van der Waals surface area contributed by atoms with E-state index in [1.165, 1.54) is 0 Å². The van der Waals surface area contributed by atoms with Crippen molar-refractivity contribution in [2.45, 2.75) is 19.3 Å². The van der Waals surface area contributed by atoms with Gasteiger partial charge in [0, 0.05) is 0 Å². The Morgan fingerprint density at radius 1 is 1.27 bits per heavy atom. The van der Waals surface area contributed by atoms with Crippen molar-refractivity contribution < 1.29 is 4.74 Å². The van der Waals surface area contributed by atoms with Gasteiger partial charge in [-0.3, -0.25) is 0 Å². The highest BCUT2D eigenvalue weighted by atomic mass is 35.5. The van der Waals surface area contributed by atoms with Gasteiger partial charge in [0.1, 0.15) is 10.8 Å². The van der Waals surface area contributed by atoms with Crippen LogP contribution < -0.4 is 4.74 Å². The Kier molecular flexibility index (Phi) is 4.21. The van der Waals surface area contributed by atoms with Crippen LogP contribution in [0.25, 0.3) is 0 Å². The molecule has 0 bridgehead atoms. The smallest absolute Gasteiger partial charge is 0.138 e. The standard InChI is InChI=1S/C11H14Cl2OS/c1-11(2,6-15)7-4-5-8(14-3)10(13)9(7)12/h4-5,15H,6H2,1-3H3. The van der Waals surface area contributed by atoms with Crippen molar-refractivity contribution in [1.82, 2.24) is 0 Å². The molecule has 4 heteroatoms. The van der Waals surface area contributed by atoms with Crippen molar-refractivity contribution >= 4 is 35.8 Å². The van der Waals surface area contributed by atoms with E-state index in [9.17, 15) is 0 Å². The van der Waals surface area contributed by atoms with E-state index in [0.29, 0.717) is 21.5 Å². The lowest BCUT2D eigenvalue weighted by molar-refractivity contribution is 0.414. The van der Waals surface area contributed by atoms with Gasteiger partial charge in [-0.1, -0.05) is 43.1 Å².